The van der Waals surface area contributed by atoms with Gasteiger partial charge in [0.15, 0.2) is 0 Å². The van der Waals surface area contributed by atoms with Crippen LogP contribution in [-0.2, 0) is 11.2 Å². The summed E-state index contributed by atoms with van der Waals surface area (Å²) >= 11 is 1.44. The number of carboxylic acids is 1. The van der Waals surface area contributed by atoms with Gasteiger partial charge in [-0.25, -0.2) is 4.79 Å². The first-order valence-corrected chi connectivity index (χ1v) is 8.79. The number of aliphatic carboxylic acids is 1. The minimum absolute atomic E-state index is 0.203. The van der Waals surface area contributed by atoms with Crippen molar-refractivity contribution in [3.05, 3.63) is 34.7 Å². The molecular formula is C18H23NO3S. The zero-order chi connectivity index (χ0) is 17.0. The molecular weight excluding hydrogens is 310 g/mol. The Hall–Kier alpha value is -1.88. The Morgan fingerprint density at radius 3 is 2.57 bits per heavy atom. The molecule has 5 heteroatoms. The number of nitrogens with one attached hydrogen (secondary N) is 1. The lowest BCUT2D eigenvalue weighted by Gasteiger charge is -2.16. The van der Waals surface area contributed by atoms with E-state index < -0.39 is 12.0 Å². The number of hydrogen-bond donors (Lipinski definition) is 2. The van der Waals surface area contributed by atoms with Crippen molar-refractivity contribution in [3.63, 3.8) is 0 Å². The Labute approximate surface area is 140 Å². The fourth-order valence-electron chi connectivity index (χ4n) is 2.70. The molecule has 2 N–H and O–H groups in total. The highest BCUT2D eigenvalue weighted by Gasteiger charge is 2.24. The molecule has 23 heavy (non-hydrogen) atoms. The highest BCUT2D eigenvalue weighted by atomic mass is 32.1. The first-order chi connectivity index (χ1) is 10.9. The molecule has 1 aromatic carbocycles. The third kappa shape index (κ3) is 4.10. The third-order valence-electron chi connectivity index (χ3n) is 3.72. The largest absolute Gasteiger partial charge is 0.480 e. The van der Waals surface area contributed by atoms with Gasteiger partial charge in [-0.05, 0) is 35.8 Å². The highest BCUT2D eigenvalue weighted by Crippen LogP contribution is 2.32. The van der Waals surface area contributed by atoms with E-state index in [0.717, 1.165) is 28.5 Å². The minimum Gasteiger partial charge on any atom is -0.480 e. The average molecular weight is 333 g/mol. The monoisotopic (exact) mass is 333 g/mol. The second-order valence-electron chi connectivity index (χ2n) is 6.15. The molecule has 0 radical (unpaired) electrons. The van der Waals surface area contributed by atoms with E-state index in [4.69, 9.17) is 0 Å². The van der Waals surface area contributed by atoms with Crippen LogP contribution < -0.4 is 5.32 Å². The molecule has 1 heterocycles. The van der Waals surface area contributed by atoms with Crippen LogP contribution in [0.1, 0.15) is 48.8 Å². The summed E-state index contributed by atoms with van der Waals surface area (Å²) in [6.07, 6.45) is 2.18. The molecule has 0 aliphatic carbocycles. The number of carboxylic acid groups (broad SMARTS) is 1. The molecule has 1 aromatic heterocycles. The number of carbonyl (C=O) groups is 2. The quantitative estimate of drug-likeness (QED) is 0.802. The van der Waals surface area contributed by atoms with Crippen molar-refractivity contribution >= 4 is 33.3 Å². The summed E-state index contributed by atoms with van der Waals surface area (Å²) in [5.74, 6) is -1.05. The van der Waals surface area contributed by atoms with E-state index in [9.17, 15) is 14.7 Å². The zero-order valence-electron chi connectivity index (χ0n) is 13.8. The lowest BCUT2D eigenvalue weighted by molar-refractivity contribution is -0.139. The standard InChI is InChI=1S/C18H23NO3S/c1-4-7-13-12-8-5-6-9-15(12)23-16(13)17(20)19-14(18(21)22)10-11(2)3/h5-6,8-9,11,14H,4,7,10H2,1-3H3,(H,19,20)(H,21,22). The lowest BCUT2D eigenvalue weighted by atomic mass is 10.0. The predicted molar refractivity (Wildman–Crippen MR) is 94.2 cm³/mol. The maximum Gasteiger partial charge on any atom is 0.326 e. The number of aryl methyl sites for hydroxylation is 1. The second-order valence-corrected chi connectivity index (χ2v) is 7.20. The average Bonchev–Trinajstić information content (AvgIpc) is 2.85. The number of amides is 1. The molecule has 0 bridgehead atoms. The van der Waals surface area contributed by atoms with Gasteiger partial charge in [-0.1, -0.05) is 45.4 Å². The molecule has 2 rings (SSSR count). The molecule has 1 atom stereocenters. The third-order valence-corrected chi connectivity index (χ3v) is 4.93. The van der Waals surface area contributed by atoms with Gasteiger partial charge in [0.05, 0.1) is 4.88 Å². The topological polar surface area (TPSA) is 66.4 Å². The van der Waals surface area contributed by atoms with Gasteiger partial charge < -0.3 is 10.4 Å². The predicted octanol–water partition coefficient (Wildman–Crippen LogP) is 4.08. The van der Waals surface area contributed by atoms with Gasteiger partial charge in [-0.15, -0.1) is 11.3 Å². The van der Waals surface area contributed by atoms with Crippen molar-refractivity contribution in [2.45, 2.75) is 46.1 Å². The van der Waals surface area contributed by atoms with Crippen LogP contribution in [0.15, 0.2) is 24.3 Å². The number of carbonyl (C=O) groups excluding carboxylic acids is 1. The SMILES string of the molecule is CCCc1c(C(=O)NC(CC(C)C)C(=O)O)sc2ccccc12. The first kappa shape index (κ1) is 17.5. The van der Waals surface area contributed by atoms with Gasteiger partial charge in [-0.3, -0.25) is 4.79 Å². The van der Waals surface area contributed by atoms with Crippen LogP contribution >= 0.6 is 11.3 Å². The van der Waals surface area contributed by atoms with Crippen molar-refractivity contribution in [3.8, 4) is 0 Å². The number of thiophene rings is 1. The highest BCUT2D eigenvalue weighted by molar-refractivity contribution is 7.21. The van der Waals surface area contributed by atoms with Crippen LogP contribution in [0, 0.1) is 5.92 Å². The molecule has 0 aliphatic heterocycles. The van der Waals surface area contributed by atoms with Gasteiger partial charge in [0.25, 0.3) is 5.91 Å². The van der Waals surface area contributed by atoms with Gasteiger partial charge in [-0.2, -0.15) is 0 Å². The van der Waals surface area contributed by atoms with Crippen molar-refractivity contribution < 1.29 is 14.7 Å². The summed E-state index contributed by atoms with van der Waals surface area (Å²) in [4.78, 5) is 24.7. The Kier molecular flexibility index (Phi) is 5.77. The Bertz CT molecular complexity index is 705. The van der Waals surface area contributed by atoms with Crippen LogP contribution in [0.4, 0.5) is 0 Å². The summed E-state index contributed by atoms with van der Waals surface area (Å²) in [5.41, 5.74) is 1.03. The summed E-state index contributed by atoms with van der Waals surface area (Å²) in [6.45, 7) is 5.97. The van der Waals surface area contributed by atoms with Crippen molar-refractivity contribution in [1.29, 1.82) is 0 Å². The molecule has 2 aromatic rings. The van der Waals surface area contributed by atoms with Crippen molar-refractivity contribution in [2.75, 3.05) is 0 Å². The molecule has 0 saturated carbocycles. The van der Waals surface area contributed by atoms with E-state index >= 15 is 0 Å². The van der Waals surface area contributed by atoms with Gasteiger partial charge >= 0.3 is 5.97 Å². The van der Waals surface area contributed by atoms with Crippen LogP contribution in [0.3, 0.4) is 0 Å². The second kappa shape index (κ2) is 7.59. The minimum atomic E-state index is -0.981. The molecule has 0 spiro atoms. The normalized spacial score (nSPS) is 12.5. The van der Waals surface area contributed by atoms with Crippen molar-refractivity contribution in [2.24, 2.45) is 5.92 Å². The number of fused-ring (bicyclic) bond motifs is 1. The molecule has 4 nitrogen and oxygen atoms in total. The number of hydrogen-bond acceptors (Lipinski definition) is 3. The Morgan fingerprint density at radius 1 is 1.26 bits per heavy atom. The van der Waals surface area contributed by atoms with Gasteiger partial charge in [0.2, 0.25) is 0 Å². The van der Waals surface area contributed by atoms with Crippen LogP contribution in [-0.4, -0.2) is 23.0 Å². The van der Waals surface area contributed by atoms with E-state index in [0.29, 0.717) is 11.3 Å². The summed E-state index contributed by atoms with van der Waals surface area (Å²) < 4.78 is 1.07. The van der Waals surface area contributed by atoms with Gasteiger partial charge in [0.1, 0.15) is 6.04 Å². The molecule has 0 aliphatic rings. The number of rotatable bonds is 7. The fraction of sp³-hybridized carbons (Fsp3) is 0.444. The first-order valence-electron chi connectivity index (χ1n) is 7.98. The van der Waals surface area contributed by atoms with E-state index in [-0.39, 0.29) is 11.8 Å². The molecule has 124 valence electrons. The van der Waals surface area contributed by atoms with Crippen LogP contribution in [0.2, 0.25) is 0 Å². The Morgan fingerprint density at radius 2 is 1.96 bits per heavy atom. The van der Waals surface area contributed by atoms with Crippen LogP contribution in [0.25, 0.3) is 10.1 Å². The number of benzene rings is 1. The van der Waals surface area contributed by atoms with Gasteiger partial charge in [0, 0.05) is 4.70 Å². The molecule has 1 amide bonds. The van der Waals surface area contributed by atoms with E-state index in [2.05, 4.69) is 12.2 Å². The maximum atomic E-state index is 12.6. The summed E-state index contributed by atoms with van der Waals surface area (Å²) in [6, 6.07) is 7.10. The fourth-order valence-corrected chi connectivity index (χ4v) is 3.85. The van der Waals surface area contributed by atoms with E-state index in [1.165, 1.54) is 11.3 Å². The zero-order valence-corrected chi connectivity index (χ0v) is 14.6. The van der Waals surface area contributed by atoms with E-state index in [1.807, 2.05) is 38.1 Å². The molecule has 1 unspecified atom stereocenters. The molecule has 0 saturated heterocycles. The lowest BCUT2D eigenvalue weighted by Crippen LogP contribution is -2.41. The van der Waals surface area contributed by atoms with E-state index in [1.54, 1.807) is 0 Å². The Balaban J connectivity index is 2.32. The van der Waals surface area contributed by atoms with Crippen LogP contribution in [0.5, 0.6) is 0 Å². The smallest absolute Gasteiger partial charge is 0.326 e. The van der Waals surface area contributed by atoms with Crippen molar-refractivity contribution in [1.82, 2.24) is 5.32 Å². The summed E-state index contributed by atoms with van der Waals surface area (Å²) in [7, 11) is 0. The molecule has 0 fully saturated rings. The maximum absolute atomic E-state index is 12.6. The summed E-state index contributed by atoms with van der Waals surface area (Å²) in [5, 5.41) is 13.1.